The molecule has 0 radical (unpaired) electrons. The molecular formula is C29H37FN6O4. The molecule has 1 atom stereocenters. The van der Waals surface area contributed by atoms with Crippen molar-refractivity contribution in [1.82, 2.24) is 24.8 Å². The molecule has 1 saturated carbocycles. The second kappa shape index (κ2) is 12.1. The Labute approximate surface area is 233 Å². The summed E-state index contributed by atoms with van der Waals surface area (Å²) >= 11 is 0. The molecule has 2 aliphatic heterocycles. The lowest BCUT2D eigenvalue weighted by molar-refractivity contribution is -0.127. The number of rotatable bonds is 7. The number of nitrogens with one attached hydrogen (secondary N) is 1. The van der Waals surface area contributed by atoms with E-state index in [1.807, 2.05) is 24.3 Å². The Kier molecular flexibility index (Phi) is 8.10. The van der Waals surface area contributed by atoms with E-state index in [9.17, 15) is 9.18 Å². The lowest BCUT2D eigenvalue weighted by Crippen LogP contribution is -2.43. The molecule has 214 valence electrons. The van der Waals surface area contributed by atoms with Crippen LogP contribution in [0.2, 0.25) is 0 Å². The number of amides is 1. The summed E-state index contributed by atoms with van der Waals surface area (Å²) in [5.41, 5.74) is 1.48. The average Bonchev–Trinajstić information content (AvgIpc) is 3.39. The van der Waals surface area contributed by atoms with Crippen molar-refractivity contribution in [3.05, 3.63) is 36.2 Å². The smallest absolute Gasteiger partial charge is 0.230 e. The third-order valence-electron chi connectivity index (χ3n) is 8.04. The summed E-state index contributed by atoms with van der Waals surface area (Å²) in [4.78, 5) is 29.1. The van der Waals surface area contributed by atoms with E-state index in [4.69, 9.17) is 24.2 Å². The summed E-state index contributed by atoms with van der Waals surface area (Å²) in [7, 11) is 0. The number of carbonyl (C=O) groups excluding carboxylic acids is 1. The van der Waals surface area contributed by atoms with Crippen molar-refractivity contribution in [2.45, 2.75) is 63.8 Å². The van der Waals surface area contributed by atoms with Gasteiger partial charge in [-0.15, -0.1) is 0 Å². The van der Waals surface area contributed by atoms with Gasteiger partial charge in [0.1, 0.15) is 17.7 Å². The Morgan fingerprint density at radius 3 is 2.48 bits per heavy atom. The number of hydrogen-bond donors (Lipinski definition) is 1. The van der Waals surface area contributed by atoms with Crippen molar-refractivity contribution in [3.63, 3.8) is 0 Å². The fraction of sp³-hybridized carbons (Fsp3) is 0.586. The Morgan fingerprint density at radius 2 is 1.73 bits per heavy atom. The maximum Gasteiger partial charge on any atom is 0.230 e. The predicted octanol–water partition coefficient (Wildman–Crippen LogP) is 3.92. The number of imidazole rings is 1. The van der Waals surface area contributed by atoms with Crippen molar-refractivity contribution in [2.24, 2.45) is 5.92 Å². The number of para-hydroxylation sites is 2. The standard InChI is InChI=1S/C29H37FN6O4/c1-19(30)27-32-23-4-2-3-5-24(23)36(27)25-18-26(34-29(33-25)35-12-16-39-17-13-35)40-22-8-6-20(7-9-22)28(37)31-21-10-14-38-15-11-21/h2-5,18-22H,6-17H2,1H3,(H,31,37). The number of ether oxygens (including phenoxy) is 3. The van der Waals surface area contributed by atoms with Gasteiger partial charge in [-0.3, -0.25) is 9.36 Å². The van der Waals surface area contributed by atoms with Crippen LogP contribution < -0.4 is 15.0 Å². The molecular weight excluding hydrogens is 515 g/mol. The zero-order chi connectivity index (χ0) is 27.5. The van der Waals surface area contributed by atoms with Crippen molar-refractivity contribution >= 4 is 22.9 Å². The fourth-order valence-electron chi connectivity index (χ4n) is 5.81. The van der Waals surface area contributed by atoms with E-state index in [-0.39, 0.29) is 29.8 Å². The highest BCUT2D eigenvalue weighted by molar-refractivity contribution is 5.79. The summed E-state index contributed by atoms with van der Waals surface area (Å²) in [5, 5.41) is 3.21. The van der Waals surface area contributed by atoms with Crippen LogP contribution in [0.5, 0.6) is 5.88 Å². The van der Waals surface area contributed by atoms with Gasteiger partial charge in [0.05, 0.1) is 24.2 Å². The van der Waals surface area contributed by atoms with E-state index in [1.165, 1.54) is 6.92 Å². The van der Waals surface area contributed by atoms with Crippen molar-refractivity contribution < 1.29 is 23.4 Å². The number of carbonyl (C=O) groups is 1. The van der Waals surface area contributed by atoms with E-state index < -0.39 is 6.17 Å². The van der Waals surface area contributed by atoms with Gasteiger partial charge in [0.25, 0.3) is 0 Å². The van der Waals surface area contributed by atoms with E-state index in [2.05, 4.69) is 15.2 Å². The van der Waals surface area contributed by atoms with Gasteiger partial charge in [-0.05, 0) is 57.6 Å². The molecule has 40 heavy (non-hydrogen) atoms. The van der Waals surface area contributed by atoms with Gasteiger partial charge in [-0.25, -0.2) is 9.37 Å². The number of alkyl halides is 1. The van der Waals surface area contributed by atoms with Gasteiger partial charge in [0.2, 0.25) is 17.7 Å². The number of nitrogens with zero attached hydrogens (tertiary/aromatic N) is 5. The molecule has 1 aliphatic carbocycles. The molecule has 2 saturated heterocycles. The van der Waals surface area contributed by atoms with Gasteiger partial charge < -0.3 is 24.4 Å². The van der Waals surface area contributed by atoms with Crippen LogP contribution in [0.3, 0.4) is 0 Å². The van der Waals surface area contributed by atoms with Crippen LogP contribution >= 0.6 is 0 Å². The van der Waals surface area contributed by atoms with Crippen molar-refractivity contribution in [1.29, 1.82) is 0 Å². The molecule has 2 aromatic heterocycles. The lowest BCUT2D eigenvalue weighted by Gasteiger charge is -2.31. The van der Waals surface area contributed by atoms with Crippen LogP contribution in [0.1, 0.15) is 57.4 Å². The molecule has 10 nitrogen and oxygen atoms in total. The highest BCUT2D eigenvalue weighted by Crippen LogP contribution is 2.31. The minimum atomic E-state index is -1.29. The van der Waals surface area contributed by atoms with E-state index in [1.54, 1.807) is 10.6 Å². The Hall–Kier alpha value is -3.31. The third-order valence-corrected chi connectivity index (χ3v) is 8.04. The first kappa shape index (κ1) is 26.9. The average molecular weight is 553 g/mol. The molecule has 3 aromatic rings. The van der Waals surface area contributed by atoms with Gasteiger partial charge in [0, 0.05) is 44.3 Å². The molecule has 11 heteroatoms. The van der Waals surface area contributed by atoms with Gasteiger partial charge in [-0.1, -0.05) is 12.1 Å². The molecule has 1 amide bonds. The third kappa shape index (κ3) is 5.90. The molecule has 3 fully saturated rings. The molecule has 6 rings (SSSR count). The Bertz CT molecular complexity index is 1310. The maximum atomic E-state index is 14.8. The molecule has 1 N–H and O–H groups in total. The highest BCUT2D eigenvalue weighted by atomic mass is 19.1. The zero-order valence-electron chi connectivity index (χ0n) is 22.9. The largest absolute Gasteiger partial charge is 0.474 e. The number of anilines is 1. The number of hydrogen-bond acceptors (Lipinski definition) is 8. The van der Waals surface area contributed by atoms with E-state index in [0.29, 0.717) is 62.7 Å². The molecule has 1 unspecified atom stereocenters. The van der Waals surface area contributed by atoms with Gasteiger partial charge in [-0.2, -0.15) is 9.97 Å². The Balaban J connectivity index is 1.22. The number of fused-ring (bicyclic) bond motifs is 1. The SMILES string of the molecule is CC(F)c1nc2ccccc2n1-c1cc(OC2CCC(C(=O)NC3CCOCC3)CC2)nc(N2CCOCC2)n1. The predicted molar refractivity (Wildman–Crippen MR) is 148 cm³/mol. The summed E-state index contributed by atoms with van der Waals surface area (Å²) in [6.45, 7) is 5.39. The van der Waals surface area contributed by atoms with Crippen LogP contribution in [0.25, 0.3) is 16.9 Å². The molecule has 1 aromatic carbocycles. The van der Waals surface area contributed by atoms with Gasteiger partial charge in [0.15, 0.2) is 6.17 Å². The first-order valence-corrected chi connectivity index (χ1v) is 14.4. The number of morpholine rings is 1. The molecule has 0 spiro atoms. The van der Waals surface area contributed by atoms with Crippen molar-refractivity contribution in [2.75, 3.05) is 44.4 Å². The van der Waals surface area contributed by atoms with E-state index in [0.717, 1.165) is 44.0 Å². The minimum Gasteiger partial charge on any atom is -0.474 e. The molecule has 4 heterocycles. The van der Waals surface area contributed by atoms with Crippen LogP contribution in [0, 0.1) is 5.92 Å². The zero-order valence-corrected chi connectivity index (χ0v) is 22.9. The van der Waals surface area contributed by atoms with Crippen molar-refractivity contribution in [3.8, 4) is 11.7 Å². The second-order valence-electron chi connectivity index (χ2n) is 10.9. The normalized spacial score (nSPS) is 23.2. The van der Waals surface area contributed by atoms with E-state index >= 15 is 0 Å². The van der Waals surface area contributed by atoms with Crippen LogP contribution in [0.15, 0.2) is 30.3 Å². The molecule has 3 aliphatic rings. The monoisotopic (exact) mass is 552 g/mol. The summed E-state index contributed by atoms with van der Waals surface area (Å²) in [5.74, 6) is 1.91. The number of aromatic nitrogens is 4. The van der Waals surface area contributed by atoms with Crippen LogP contribution in [0.4, 0.5) is 10.3 Å². The fourth-order valence-corrected chi connectivity index (χ4v) is 5.81. The minimum absolute atomic E-state index is 0.00141. The first-order valence-electron chi connectivity index (χ1n) is 14.4. The first-order chi connectivity index (χ1) is 19.5. The van der Waals surface area contributed by atoms with Crippen LogP contribution in [-0.4, -0.2) is 77.1 Å². The summed E-state index contributed by atoms with van der Waals surface area (Å²) in [6.07, 6.45) is 3.46. The maximum absolute atomic E-state index is 14.8. The number of halogens is 1. The van der Waals surface area contributed by atoms with Crippen LogP contribution in [-0.2, 0) is 14.3 Å². The highest BCUT2D eigenvalue weighted by Gasteiger charge is 2.30. The molecule has 0 bridgehead atoms. The van der Waals surface area contributed by atoms with Gasteiger partial charge >= 0.3 is 0 Å². The topological polar surface area (TPSA) is 104 Å². The number of benzene rings is 1. The quantitative estimate of drug-likeness (QED) is 0.471. The lowest BCUT2D eigenvalue weighted by atomic mass is 9.86. The summed E-state index contributed by atoms with van der Waals surface area (Å²) in [6, 6.07) is 9.57. The summed E-state index contributed by atoms with van der Waals surface area (Å²) < 4.78 is 33.9. The Morgan fingerprint density at radius 1 is 1.00 bits per heavy atom. The second-order valence-corrected chi connectivity index (χ2v) is 10.9.